The second kappa shape index (κ2) is 8.23. The number of nitrogens with one attached hydrogen (secondary N) is 1. The molecule has 0 unspecified atom stereocenters. The van der Waals surface area contributed by atoms with Gasteiger partial charge in [-0.25, -0.2) is 0 Å². The fourth-order valence-electron chi connectivity index (χ4n) is 3.14. The highest BCUT2D eigenvalue weighted by Crippen LogP contribution is 2.34. The van der Waals surface area contributed by atoms with E-state index in [1.54, 1.807) is 12.1 Å². The van der Waals surface area contributed by atoms with Crippen LogP contribution in [0.25, 0.3) is 0 Å². The van der Waals surface area contributed by atoms with Crippen LogP contribution in [0.1, 0.15) is 34.7 Å². The third-order valence-corrected chi connectivity index (χ3v) is 4.39. The van der Waals surface area contributed by atoms with Crippen molar-refractivity contribution in [3.8, 4) is 17.2 Å². The molecule has 0 aliphatic carbocycles. The minimum absolute atomic E-state index is 0.282. The van der Waals surface area contributed by atoms with Crippen molar-refractivity contribution < 1.29 is 19.7 Å². The molecule has 3 N–H and O–H groups in total. The van der Waals surface area contributed by atoms with Crippen molar-refractivity contribution in [3.63, 3.8) is 0 Å². The molecule has 0 spiro atoms. The molecule has 1 atom stereocenters. The number of carbonyl (C=O) groups is 1. The van der Waals surface area contributed by atoms with E-state index in [1.807, 2.05) is 46.8 Å². The van der Waals surface area contributed by atoms with Crippen LogP contribution < -0.4 is 10.1 Å². The van der Waals surface area contributed by atoms with Crippen LogP contribution in [0.5, 0.6) is 17.2 Å². The van der Waals surface area contributed by atoms with Gasteiger partial charge in [0, 0.05) is 0 Å². The minimum Gasteiger partial charge on any atom is -0.507 e. The maximum Gasteiger partial charge on any atom is 0.321 e. The van der Waals surface area contributed by atoms with Crippen LogP contribution in [0.2, 0.25) is 0 Å². The monoisotopic (exact) mass is 357 g/mol. The lowest BCUT2D eigenvalue weighted by Crippen LogP contribution is -2.38. The first kappa shape index (κ1) is 19.8. The molecular formula is C21H27NO4. The quantitative estimate of drug-likeness (QED) is 0.697. The SMILES string of the molecule is CCN[C@@H](Cc1cc(C)c(Oc2cc(C)c(O)c(C)c2)c(C)c1)C(=O)O. The number of phenols is 1. The zero-order valence-corrected chi connectivity index (χ0v) is 16.0. The van der Waals surface area contributed by atoms with Gasteiger partial charge in [0.15, 0.2) is 0 Å². The van der Waals surface area contributed by atoms with E-state index in [9.17, 15) is 15.0 Å². The van der Waals surface area contributed by atoms with Gasteiger partial charge in [-0.15, -0.1) is 0 Å². The second-order valence-corrected chi connectivity index (χ2v) is 6.72. The molecule has 26 heavy (non-hydrogen) atoms. The van der Waals surface area contributed by atoms with Crippen molar-refractivity contribution in [1.29, 1.82) is 0 Å². The van der Waals surface area contributed by atoms with E-state index in [1.165, 1.54) is 0 Å². The Bertz CT molecular complexity index is 768. The minimum atomic E-state index is -0.850. The number of aryl methyl sites for hydroxylation is 4. The molecule has 140 valence electrons. The first-order chi connectivity index (χ1) is 12.2. The van der Waals surface area contributed by atoms with Gasteiger partial charge in [-0.3, -0.25) is 4.79 Å². The molecule has 5 nitrogen and oxygen atoms in total. The van der Waals surface area contributed by atoms with Gasteiger partial charge in [0.2, 0.25) is 0 Å². The predicted molar refractivity (Wildman–Crippen MR) is 102 cm³/mol. The number of benzene rings is 2. The van der Waals surface area contributed by atoms with Crippen LogP contribution in [0, 0.1) is 27.7 Å². The summed E-state index contributed by atoms with van der Waals surface area (Å²) in [5.41, 5.74) is 4.38. The molecule has 0 saturated heterocycles. The van der Waals surface area contributed by atoms with Gasteiger partial charge in [-0.2, -0.15) is 0 Å². The number of aromatic hydroxyl groups is 1. The van der Waals surface area contributed by atoms with E-state index >= 15 is 0 Å². The highest BCUT2D eigenvalue weighted by molar-refractivity contribution is 5.74. The topological polar surface area (TPSA) is 78.8 Å². The van der Waals surface area contributed by atoms with Gasteiger partial charge in [0.25, 0.3) is 0 Å². The standard InChI is InChI=1S/C21H27NO4/c1-6-22-18(21(24)25)11-16-7-14(4)20(15(5)8-16)26-17-9-12(2)19(23)13(3)10-17/h7-10,18,22-23H,6,11H2,1-5H3,(H,24,25)/t18-/m0/s1. The lowest BCUT2D eigenvalue weighted by atomic mass is 10.00. The van der Waals surface area contributed by atoms with Crippen molar-refractivity contribution in [1.82, 2.24) is 5.32 Å². The zero-order chi connectivity index (χ0) is 19.4. The van der Waals surface area contributed by atoms with Gasteiger partial charge in [0.1, 0.15) is 23.3 Å². The van der Waals surface area contributed by atoms with E-state index in [-0.39, 0.29) is 5.75 Å². The normalized spacial score (nSPS) is 12.0. The summed E-state index contributed by atoms with van der Waals surface area (Å²) in [6, 6.07) is 6.94. The van der Waals surface area contributed by atoms with Crippen LogP contribution in [0.3, 0.4) is 0 Å². The number of likely N-dealkylation sites (N-methyl/N-ethyl adjacent to an activating group) is 1. The Labute approximate surface area is 154 Å². The largest absolute Gasteiger partial charge is 0.507 e. The molecular weight excluding hydrogens is 330 g/mol. The summed E-state index contributed by atoms with van der Waals surface area (Å²) in [6.07, 6.45) is 0.419. The van der Waals surface area contributed by atoms with Gasteiger partial charge >= 0.3 is 5.97 Å². The van der Waals surface area contributed by atoms with Crippen LogP contribution in [0.4, 0.5) is 0 Å². The maximum atomic E-state index is 11.4. The van der Waals surface area contributed by atoms with E-state index in [0.29, 0.717) is 18.7 Å². The average molecular weight is 357 g/mol. The van der Waals surface area contributed by atoms with E-state index in [2.05, 4.69) is 5.32 Å². The lowest BCUT2D eigenvalue weighted by Gasteiger charge is -2.17. The number of ether oxygens (including phenoxy) is 1. The Morgan fingerprint density at radius 1 is 1.04 bits per heavy atom. The molecule has 0 saturated carbocycles. The Morgan fingerprint density at radius 3 is 2.04 bits per heavy atom. The number of rotatable bonds is 7. The molecule has 0 aromatic heterocycles. The summed E-state index contributed by atoms with van der Waals surface area (Å²) in [6.45, 7) is 10.1. The van der Waals surface area contributed by atoms with Crippen LogP contribution in [0.15, 0.2) is 24.3 Å². The molecule has 0 radical (unpaired) electrons. The molecule has 2 aromatic carbocycles. The molecule has 0 amide bonds. The molecule has 0 aliphatic rings. The van der Waals surface area contributed by atoms with Crippen molar-refractivity contribution in [3.05, 3.63) is 52.1 Å². The third kappa shape index (κ3) is 4.55. The summed E-state index contributed by atoms with van der Waals surface area (Å²) in [5.74, 6) is 0.864. The van der Waals surface area contributed by atoms with Crippen molar-refractivity contribution in [2.75, 3.05) is 6.54 Å². The first-order valence-electron chi connectivity index (χ1n) is 8.77. The molecule has 2 rings (SSSR count). The molecule has 0 bridgehead atoms. The maximum absolute atomic E-state index is 11.4. The number of hydrogen-bond donors (Lipinski definition) is 3. The van der Waals surface area contributed by atoms with Crippen LogP contribution in [-0.2, 0) is 11.2 Å². The van der Waals surface area contributed by atoms with E-state index < -0.39 is 12.0 Å². The summed E-state index contributed by atoms with van der Waals surface area (Å²) in [4.78, 5) is 11.4. The molecule has 2 aromatic rings. The zero-order valence-electron chi connectivity index (χ0n) is 16.0. The van der Waals surface area contributed by atoms with Gasteiger partial charge in [-0.05, 0) is 80.6 Å². The Morgan fingerprint density at radius 2 is 1.58 bits per heavy atom. The van der Waals surface area contributed by atoms with E-state index in [4.69, 9.17) is 4.74 Å². The van der Waals surface area contributed by atoms with E-state index in [0.717, 1.165) is 33.6 Å². The Hall–Kier alpha value is -2.53. The predicted octanol–water partition coefficient (Wildman–Crippen LogP) is 4.02. The highest BCUT2D eigenvalue weighted by Gasteiger charge is 2.18. The third-order valence-electron chi connectivity index (χ3n) is 4.39. The lowest BCUT2D eigenvalue weighted by molar-refractivity contribution is -0.139. The van der Waals surface area contributed by atoms with Crippen molar-refractivity contribution >= 4 is 5.97 Å². The van der Waals surface area contributed by atoms with Gasteiger partial charge < -0.3 is 20.3 Å². The number of phenolic OH excluding ortho intramolecular Hbond substituents is 1. The van der Waals surface area contributed by atoms with Gasteiger partial charge in [0.05, 0.1) is 0 Å². The summed E-state index contributed by atoms with van der Waals surface area (Å²) >= 11 is 0. The summed E-state index contributed by atoms with van der Waals surface area (Å²) in [7, 11) is 0. The number of hydrogen-bond acceptors (Lipinski definition) is 4. The van der Waals surface area contributed by atoms with Crippen molar-refractivity contribution in [2.45, 2.75) is 47.1 Å². The number of carboxylic acid groups (broad SMARTS) is 1. The van der Waals surface area contributed by atoms with Crippen molar-refractivity contribution in [2.24, 2.45) is 0 Å². The second-order valence-electron chi connectivity index (χ2n) is 6.72. The Balaban J connectivity index is 2.28. The number of carboxylic acids is 1. The smallest absolute Gasteiger partial charge is 0.321 e. The van der Waals surface area contributed by atoms with Crippen LogP contribution in [-0.4, -0.2) is 28.8 Å². The van der Waals surface area contributed by atoms with Crippen LogP contribution >= 0.6 is 0 Å². The molecule has 0 fully saturated rings. The fraction of sp³-hybridized carbons (Fsp3) is 0.381. The number of aliphatic carboxylic acids is 1. The molecule has 5 heteroatoms. The summed E-state index contributed by atoms with van der Waals surface area (Å²) in [5, 5.41) is 22.2. The summed E-state index contributed by atoms with van der Waals surface area (Å²) < 4.78 is 6.07. The fourth-order valence-corrected chi connectivity index (χ4v) is 3.14. The average Bonchev–Trinajstić information content (AvgIpc) is 2.55. The first-order valence-corrected chi connectivity index (χ1v) is 8.77. The Kier molecular flexibility index (Phi) is 6.27. The van der Waals surface area contributed by atoms with Gasteiger partial charge in [-0.1, -0.05) is 19.1 Å². The molecule has 0 heterocycles. The highest BCUT2D eigenvalue weighted by atomic mass is 16.5. The molecule has 0 aliphatic heterocycles.